The number of nitro groups is 1. The van der Waals surface area contributed by atoms with Crippen molar-refractivity contribution in [3.63, 3.8) is 0 Å². The highest BCUT2D eigenvalue weighted by Crippen LogP contribution is 2.24. The third-order valence-electron chi connectivity index (χ3n) is 1.57. The summed E-state index contributed by atoms with van der Waals surface area (Å²) in [5.41, 5.74) is -0.0925. The summed E-state index contributed by atoms with van der Waals surface area (Å²) in [5, 5.41) is 18.7. The highest BCUT2D eigenvalue weighted by Gasteiger charge is 2.15. The van der Waals surface area contributed by atoms with Gasteiger partial charge in [0.1, 0.15) is 10.3 Å². The van der Waals surface area contributed by atoms with Gasteiger partial charge in [0.25, 0.3) is 5.69 Å². The van der Waals surface area contributed by atoms with Crippen LogP contribution in [0.2, 0.25) is 0 Å². The lowest BCUT2D eigenvalue weighted by atomic mass is 10.4. The highest BCUT2D eigenvalue weighted by molar-refractivity contribution is 8.00. The van der Waals surface area contributed by atoms with Crippen molar-refractivity contribution in [3.8, 4) is 0 Å². The molecule has 1 rings (SSSR count). The maximum absolute atomic E-state index is 10.5. The van der Waals surface area contributed by atoms with Crippen molar-refractivity contribution in [2.24, 2.45) is 0 Å². The van der Waals surface area contributed by atoms with Crippen molar-refractivity contribution < 1.29 is 14.8 Å². The van der Waals surface area contributed by atoms with Gasteiger partial charge in [-0.15, -0.1) is 0 Å². The molecule has 0 aromatic carbocycles. The molecule has 6 nitrogen and oxygen atoms in total. The highest BCUT2D eigenvalue weighted by atomic mass is 32.2. The minimum atomic E-state index is -0.978. The van der Waals surface area contributed by atoms with E-state index in [1.54, 1.807) is 0 Å². The minimum Gasteiger partial charge on any atom is -0.480 e. The van der Waals surface area contributed by atoms with Crippen molar-refractivity contribution in [3.05, 3.63) is 28.4 Å². The van der Waals surface area contributed by atoms with Crippen LogP contribution in [0.1, 0.15) is 6.92 Å². The molecule has 1 aromatic heterocycles. The maximum atomic E-state index is 10.5. The van der Waals surface area contributed by atoms with E-state index in [-0.39, 0.29) is 5.69 Å². The molecule has 1 aromatic rings. The fourth-order valence-electron chi connectivity index (χ4n) is 0.809. The zero-order valence-electron chi connectivity index (χ0n) is 7.78. The van der Waals surface area contributed by atoms with E-state index in [9.17, 15) is 14.9 Å². The zero-order chi connectivity index (χ0) is 11.4. The van der Waals surface area contributed by atoms with Gasteiger partial charge in [-0.1, -0.05) is 11.8 Å². The molecule has 1 unspecified atom stereocenters. The van der Waals surface area contributed by atoms with Gasteiger partial charge < -0.3 is 5.11 Å². The van der Waals surface area contributed by atoms with Crippen molar-refractivity contribution >= 4 is 23.4 Å². The van der Waals surface area contributed by atoms with E-state index in [2.05, 4.69) is 4.98 Å². The fraction of sp³-hybridized carbons (Fsp3) is 0.250. The topological polar surface area (TPSA) is 93.3 Å². The molecule has 0 aliphatic rings. The Morgan fingerprint density at radius 1 is 1.73 bits per heavy atom. The second-order valence-corrected chi connectivity index (χ2v) is 4.07. The summed E-state index contributed by atoms with van der Waals surface area (Å²) in [6, 6.07) is 2.51. The fourth-order valence-corrected chi connectivity index (χ4v) is 1.58. The normalized spacial score (nSPS) is 12.1. The molecule has 1 N–H and O–H groups in total. The van der Waals surface area contributed by atoms with Crippen LogP contribution in [0.15, 0.2) is 23.4 Å². The van der Waals surface area contributed by atoms with Gasteiger partial charge in [0, 0.05) is 18.3 Å². The number of aliphatic carboxylic acids is 1. The van der Waals surface area contributed by atoms with Crippen LogP contribution < -0.4 is 0 Å². The first kappa shape index (κ1) is 11.4. The monoisotopic (exact) mass is 228 g/mol. The average Bonchev–Trinajstić information content (AvgIpc) is 2.18. The van der Waals surface area contributed by atoms with Gasteiger partial charge in [-0.3, -0.25) is 14.9 Å². The second kappa shape index (κ2) is 4.74. The maximum Gasteiger partial charge on any atom is 0.316 e. The van der Waals surface area contributed by atoms with Gasteiger partial charge in [-0.25, -0.2) is 4.98 Å². The molecule has 0 amide bonds. The van der Waals surface area contributed by atoms with Crippen molar-refractivity contribution in [1.29, 1.82) is 0 Å². The third kappa shape index (κ3) is 3.21. The number of hydrogen-bond donors (Lipinski definition) is 1. The number of pyridine rings is 1. The van der Waals surface area contributed by atoms with E-state index in [0.717, 1.165) is 11.8 Å². The number of nitrogens with zero attached hydrogens (tertiary/aromatic N) is 2. The lowest BCUT2D eigenvalue weighted by Crippen LogP contribution is -2.11. The van der Waals surface area contributed by atoms with E-state index in [1.165, 1.54) is 25.3 Å². The van der Waals surface area contributed by atoms with Crippen molar-refractivity contribution in [2.75, 3.05) is 0 Å². The van der Waals surface area contributed by atoms with Crippen LogP contribution in [0.4, 0.5) is 5.69 Å². The predicted octanol–water partition coefficient (Wildman–Crippen LogP) is 1.56. The van der Waals surface area contributed by atoms with Gasteiger partial charge in [-0.05, 0) is 6.92 Å². The first-order chi connectivity index (χ1) is 7.00. The van der Waals surface area contributed by atoms with Crippen LogP contribution in [0.25, 0.3) is 0 Å². The van der Waals surface area contributed by atoms with Gasteiger partial charge in [0.15, 0.2) is 0 Å². The van der Waals surface area contributed by atoms with Crippen LogP contribution in [-0.4, -0.2) is 26.2 Å². The summed E-state index contributed by atoms with van der Waals surface area (Å²) in [4.78, 5) is 24.3. The largest absolute Gasteiger partial charge is 0.480 e. The molecule has 7 heteroatoms. The van der Waals surface area contributed by atoms with Crippen LogP contribution >= 0.6 is 11.8 Å². The van der Waals surface area contributed by atoms with E-state index >= 15 is 0 Å². The molecular weight excluding hydrogens is 220 g/mol. The van der Waals surface area contributed by atoms with Gasteiger partial charge in [0.05, 0.1) is 4.92 Å². The number of thioether (sulfide) groups is 1. The van der Waals surface area contributed by atoms with Gasteiger partial charge in [0.2, 0.25) is 0 Å². The Balaban J connectivity index is 2.82. The van der Waals surface area contributed by atoms with E-state index in [0.29, 0.717) is 5.03 Å². The number of carboxylic acid groups (broad SMARTS) is 1. The molecule has 1 heterocycles. The minimum absolute atomic E-state index is 0.0925. The van der Waals surface area contributed by atoms with Crippen LogP contribution in [-0.2, 0) is 4.79 Å². The Kier molecular flexibility index (Phi) is 3.62. The quantitative estimate of drug-likeness (QED) is 0.477. The molecule has 0 spiro atoms. The number of aromatic nitrogens is 1. The molecule has 0 fully saturated rings. The third-order valence-corrected chi connectivity index (χ3v) is 2.59. The van der Waals surface area contributed by atoms with Crippen molar-refractivity contribution in [1.82, 2.24) is 4.98 Å². The second-order valence-electron chi connectivity index (χ2n) is 2.71. The molecule has 0 bridgehead atoms. The predicted molar refractivity (Wildman–Crippen MR) is 53.8 cm³/mol. The summed E-state index contributed by atoms with van der Waals surface area (Å²) in [6.45, 7) is 1.49. The Morgan fingerprint density at radius 3 is 2.93 bits per heavy atom. The first-order valence-electron chi connectivity index (χ1n) is 4.00. The van der Waals surface area contributed by atoms with Crippen LogP contribution in [0, 0.1) is 10.1 Å². The SMILES string of the molecule is CC(Sc1cc([N+](=O)[O-])ccn1)C(=O)O. The number of carbonyl (C=O) groups is 1. The van der Waals surface area contributed by atoms with E-state index in [1.807, 2.05) is 0 Å². The zero-order valence-corrected chi connectivity index (χ0v) is 8.60. The molecular formula is C8H8N2O4S. The van der Waals surface area contributed by atoms with Crippen LogP contribution in [0.3, 0.4) is 0 Å². The Labute approximate surface area is 89.5 Å². The molecule has 0 aliphatic carbocycles. The molecule has 0 aliphatic heterocycles. The Morgan fingerprint density at radius 2 is 2.40 bits per heavy atom. The van der Waals surface area contributed by atoms with E-state index < -0.39 is 16.1 Å². The van der Waals surface area contributed by atoms with Gasteiger partial charge >= 0.3 is 5.97 Å². The lowest BCUT2D eigenvalue weighted by molar-refractivity contribution is -0.385. The Bertz CT molecular complexity index is 396. The standard InChI is InChI=1S/C8H8N2O4S/c1-5(8(11)12)15-7-4-6(10(13)14)2-3-9-7/h2-5H,1H3,(H,11,12). The van der Waals surface area contributed by atoms with Crippen LogP contribution in [0.5, 0.6) is 0 Å². The molecule has 0 radical (unpaired) electrons. The van der Waals surface area contributed by atoms with Crippen molar-refractivity contribution in [2.45, 2.75) is 17.2 Å². The average molecular weight is 228 g/mol. The number of carboxylic acids is 1. The van der Waals surface area contributed by atoms with Gasteiger partial charge in [-0.2, -0.15) is 0 Å². The lowest BCUT2D eigenvalue weighted by Gasteiger charge is -2.03. The molecule has 1 atom stereocenters. The first-order valence-corrected chi connectivity index (χ1v) is 4.88. The molecule has 80 valence electrons. The molecule has 15 heavy (non-hydrogen) atoms. The summed E-state index contributed by atoms with van der Waals surface area (Å²) >= 11 is 0.968. The summed E-state index contributed by atoms with van der Waals surface area (Å²) in [5.74, 6) is -0.978. The Hall–Kier alpha value is -1.63. The smallest absolute Gasteiger partial charge is 0.316 e. The molecule has 0 saturated carbocycles. The summed E-state index contributed by atoms with van der Waals surface area (Å²) in [6.07, 6.45) is 1.29. The van der Waals surface area contributed by atoms with E-state index in [4.69, 9.17) is 5.11 Å². The summed E-state index contributed by atoms with van der Waals surface area (Å²) < 4.78 is 0. The number of hydrogen-bond acceptors (Lipinski definition) is 5. The number of rotatable bonds is 4. The molecule has 0 saturated heterocycles. The summed E-state index contributed by atoms with van der Waals surface area (Å²) in [7, 11) is 0.